The molecule has 1 aliphatic heterocycles. The van der Waals surface area contributed by atoms with Crippen LogP contribution in [0.15, 0.2) is 78.0 Å². The first kappa shape index (κ1) is 20.6. The number of hydrogen-bond acceptors (Lipinski definition) is 7. The third-order valence-corrected chi connectivity index (χ3v) is 5.78. The van der Waals surface area contributed by atoms with Crippen molar-refractivity contribution in [2.45, 2.75) is 18.0 Å². The van der Waals surface area contributed by atoms with Crippen molar-refractivity contribution < 1.29 is 9.47 Å². The van der Waals surface area contributed by atoms with E-state index in [1.807, 2.05) is 73.0 Å². The molecule has 8 heteroatoms. The molecule has 1 N–H and O–H groups in total. The molecule has 4 aromatic rings. The largest absolute Gasteiger partial charge is 0.488 e. The normalized spacial score (nSPS) is 14.4. The lowest BCUT2D eigenvalue weighted by atomic mass is 10.1. The summed E-state index contributed by atoms with van der Waals surface area (Å²) < 4.78 is 12.5. The Balaban J connectivity index is 1.55. The number of hydrogen-bond donors (Lipinski definition) is 1. The molecule has 5 rings (SSSR count). The molecular formula is C24H19ClN4O2S. The van der Waals surface area contributed by atoms with Crippen molar-refractivity contribution in [1.82, 2.24) is 15.2 Å². The van der Waals surface area contributed by atoms with Crippen LogP contribution in [0.5, 0.6) is 11.6 Å². The maximum atomic E-state index is 6.36. The topological polar surface area (TPSA) is 69.2 Å². The quantitative estimate of drug-likeness (QED) is 0.365. The zero-order chi connectivity index (χ0) is 21.9. The van der Waals surface area contributed by atoms with Crippen molar-refractivity contribution in [2.75, 3.05) is 11.6 Å². The highest BCUT2D eigenvalue weighted by Crippen LogP contribution is 2.41. The summed E-state index contributed by atoms with van der Waals surface area (Å²) in [5.74, 6) is 1.07. The number of benzene rings is 3. The minimum atomic E-state index is -0.590. The highest BCUT2D eigenvalue weighted by Gasteiger charge is 2.28. The summed E-state index contributed by atoms with van der Waals surface area (Å²) >= 11 is 7.77. The molecule has 1 atom stereocenters. The van der Waals surface area contributed by atoms with E-state index in [2.05, 4.69) is 20.5 Å². The van der Waals surface area contributed by atoms with E-state index in [0.717, 1.165) is 22.4 Å². The number of halogens is 1. The zero-order valence-electron chi connectivity index (χ0n) is 17.2. The van der Waals surface area contributed by atoms with Crippen LogP contribution in [0.3, 0.4) is 0 Å². The predicted octanol–water partition coefficient (Wildman–Crippen LogP) is 6.00. The van der Waals surface area contributed by atoms with Gasteiger partial charge in [0.15, 0.2) is 5.69 Å². The van der Waals surface area contributed by atoms with E-state index in [0.29, 0.717) is 34.1 Å². The molecule has 0 saturated carbocycles. The van der Waals surface area contributed by atoms with Crippen molar-refractivity contribution in [3.8, 4) is 22.9 Å². The van der Waals surface area contributed by atoms with Gasteiger partial charge in [0.2, 0.25) is 17.3 Å². The summed E-state index contributed by atoms with van der Waals surface area (Å²) in [4.78, 5) is 4.57. The molecule has 0 amide bonds. The lowest BCUT2D eigenvalue weighted by Crippen LogP contribution is -2.18. The van der Waals surface area contributed by atoms with Crippen LogP contribution in [-0.2, 0) is 6.61 Å². The van der Waals surface area contributed by atoms with Crippen molar-refractivity contribution in [1.29, 1.82) is 0 Å². The Morgan fingerprint density at radius 3 is 2.69 bits per heavy atom. The molecule has 6 nitrogen and oxygen atoms in total. The molecule has 1 aromatic heterocycles. The standard InChI is InChI=1S/C24H19ClN4O2S/c1-32-24-27-23-21(28-29-24)17-9-5-6-10-19(17)26-22(31-23)18-13-16(25)11-12-20(18)30-14-15-7-3-2-4-8-15/h2-13,22,26H,14H2,1H3. The van der Waals surface area contributed by atoms with E-state index in [1.54, 1.807) is 6.07 Å². The molecule has 0 aliphatic carbocycles. The minimum absolute atomic E-state index is 0.404. The van der Waals surface area contributed by atoms with Crippen molar-refractivity contribution in [3.05, 3.63) is 88.9 Å². The van der Waals surface area contributed by atoms with Gasteiger partial charge in [0.25, 0.3) is 0 Å². The van der Waals surface area contributed by atoms with Crippen LogP contribution in [0.4, 0.5) is 5.69 Å². The van der Waals surface area contributed by atoms with Gasteiger partial charge < -0.3 is 14.8 Å². The van der Waals surface area contributed by atoms with Gasteiger partial charge in [-0.3, -0.25) is 0 Å². The van der Waals surface area contributed by atoms with Crippen molar-refractivity contribution >= 4 is 29.1 Å². The van der Waals surface area contributed by atoms with Gasteiger partial charge in [0, 0.05) is 16.3 Å². The molecule has 1 aliphatic rings. The van der Waals surface area contributed by atoms with Crippen LogP contribution < -0.4 is 14.8 Å². The molecule has 0 bridgehead atoms. The molecular weight excluding hydrogens is 444 g/mol. The molecule has 0 saturated heterocycles. The lowest BCUT2D eigenvalue weighted by Gasteiger charge is -2.22. The van der Waals surface area contributed by atoms with E-state index < -0.39 is 6.23 Å². The summed E-state index contributed by atoms with van der Waals surface area (Å²) in [6.07, 6.45) is 1.31. The van der Waals surface area contributed by atoms with Gasteiger partial charge >= 0.3 is 0 Å². The van der Waals surface area contributed by atoms with Crippen LogP contribution in [0.2, 0.25) is 5.02 Å². The Hall–Kier alpha value is -3.29. The number of para-hydroxylation sites is 1. The van der Waals surface area contributed by atoms with Gasteiger partial charge in [-0.2, -0.15) is 4.98 Å². The summed E-state index contributed by atoms with van der Waals surface area (Å²) in [6, 6.07) is 23.3. The fourth-order valence-electron chi connectivity index (χ4n) is 3.47. The first-order valence-corrected chi connectivity index (χ1v) is 11.6. The van der Waals surface area contributed by atoms with Gasteiger partial charge in [-0.15, -0.1) is 10.2 Å². The number of thioether (sulfide) groups is 1. The second kappa shape index (κ2) is 9.06. The Bertz CT molecular complexity index is 1260. The fraction of sp³-hybridized carbons (Fsp3) is 0.125. The van der Waals surface area contributed by atoms with Crippen LogP contribution in [0, 0.1) is 0 Å². The minimum Gasteiger partial charge on any atom is -0.488 e. The van der Waals surface area contributed by atoms with E-state index >= 15 is 0 Å². The number of rotatable bonds is 5. The lowest BCUT2D eigenvalue weighted by molar-refractivity contribution is 0.214. The number of nitrogens with zero attached hydrogens (tertiary/aromatic N) is 3. The highest BCUT2D eigenvalue weighted by molar-refractivity contribution is 7.98. The number of ether oxygens (including phenoxy) is 2. The summed E-state index contributed by atoms with van der Waals surface area (Å²) in [6.45, 7) is 0.426. The second-order valence-corrected chi connectivity index (χ2v) is 8.31. The SMILES string of the molecule is CSc1nnc2c(n1)OC(c1cc(Cl)ccc1OCc1ccccc1)Nc1ccccc1-2. The fourth-order valence-corrected chi connectivity index (χ4v) is 3.94. The van der Waals surface area contributed by atoms with Gasteiger partial charge in [-0.25, -0.2) is 0 Å². The maximum Gasteiger partial charge on any atom is 0.247 e. The molecule has 1 unspecified atom stereocenters. The van der Waals surface area contributed by atoms with Gasteiger partial charge in [0.05, 0.1) is 5.56 Å². The Kier molecular flexibility index (Phi) is 5.83. The van der Waals surface area contributed by atoms with Gasteiger partial charge in [-0.05, 0) is 36.1 Å². The van der Waals surface area contributed by atoms with Crippen molar-refractivity contribution in [2.24, 2.45) is 0 Å². The molecule has 32 heavy (non-hydrogen) atoms. The van der Waals surface area contributed by atoms with Crippen LogP contribution in [0.25, 0.3) is 11.3 Å². The zero-order valence-corrected chi connectivity index (χ0v) is 18.7. The van der Waals surface area contributed by atoms with Gasteiger partial charge in [-0.1, -0.05) is 71.9 Å². The monoisotopic (exact) mass is 462 g/mol. The van der Waals surface area contributed by atoms with Crippen LogP contribution in [-0.4, -0.2) is 21.4 Å². The molecule has 160 valence electrons. The van der Waals surface area contributed by atoms with E-state index in [9.17, 15) is 0 Å². The van der Waals surface area contributed by atoms with E-state index in [4.69, 9.17) is 21.1 Å². The smallest absolute Gasteiger partial charge is 0.247 e. The number of aromatic nitrogens is 3. The average Bonchev–Trinajstić information content (AvgIpc) is 3.00. The Morgan fingerprint density at radius 1 is 1.03 bits per heavy atom. The van der Waals surface area contributed by atoms with E-state index in [-0.39, 0.29) is 0 Å². The third-order valence-electron chi connectivity index (χ3n) is 5.01. The number of nitrogens with one attached hydrogen (secondary N) is 1. The second-order valence-electron chi connectivity index (χ2n) is 7.10. The third kappa shape index (κ3) is 4.22. The predicted molar refractivity (Wildman–Crippen MR) is 126 cm³/mol. The molecule has 3 aromatic carbocycles. The van der Waals surface area contributed by atoms with Crippen molar-refractivity contribution in [3.63, 3.8) is 0 Å². The first-order valence-electron chi connectivity index (χ1n) is 9.99. The summed E-state index contributed by atoms with van der Waals surface area (Å²) in [5.41, 5.74) is 4.15. The molecule has 2 heterocycles. The summed E-state index contributed by atoms with van der Waals surface area (Å²) in [5, 5.41) is 13.1. The van der Waals surface area contributed by atoms with Gasteiger partial charge in [0.1, 0.15) is 12.4 Å². The first-order chi connectivity index (χ1) is 15.7. The maximum absolute atomic E-state index is 6.36. The average molecular weight is 463 g/mol. The highest BCUT2D eigenvalue weighted by atomic mass is 35.5. The molecule has 0 fully saturated rings. The molecule has 0 radical (unpaired) electrons. The van der Waals surface area contributed by atoms with Crippen LogP contribution >= 0.6 is 23.4 Å². The van der Waals surface area contributed by atoms with E-state index in [1.165, 1.54) is 11.8 Å². The Labute approximate surface area is 195 Å². The number of fused-ring (bicyclic) bond motifs is 3. The Morgan fingerprint density at radius 2 is 1.84 bits per heavy atom. The van der Waals surface area contributed by atoms with Crippen LogP contribution in [0.1, 0.15) is 17.4 Å². The molecule has 0 spiro atoms. The number of anilines is 1. The summed E-state index contributed by atoms with van der Waals surface area (Å²) in [7, 11) is 0.